The third-order valence-electron chi connectivity index (χ3n) is 7.04. The first-order chi connectivity index (χ1) is 16.6. The Hall–Kier alpha value is -3.78. The number of benzene rings is 5. The third kappa shape index (κ3) is 3.70. The summed E-state index contributed by atoms with van der Waals surface area (Å²) in [6, 6.07) is 34.6. The maximum absolute atomic E-state index is 6.99. The lowest BCUT2D eigenvalue weighted by molar-refractivity contribution is 0.727. The Labute approximate surface area is 202 Å². The molecule has 5 rings (SSSR count). The molecule has 0 aromatic heterocycles. The lowest BCUT2D eigenvalue weighted by Crippen LogP contribution is -2.12. The van der Waals surface area contributed by atoms with Crippen LogP contribution < -0.4 is 10.6 Å². The molecule has 2 nitrogen and oxygen atoms in total. The fraction of sp³-hybridized carbons (Fsp3) is 0.188. The molecule has 0 radical (unpaired) electrons. The molecule has 0 fully saturated rings. The predicted molar refractivity (Wildman–Crippen MR) is 149 cm³/mol. The monoisotopic (exact) mass is 444 g/mol. The lowest BCUT2D eigenvalue weighted by Gasteiger charge is -2.29. The van der Waals surface area contributed by atoms with Crippen LogP contribution in [0, 0.1) is 0 Å². The van der Waals surface area contributed by atoms with Gasteiger partial charge in [-0.25, -0.2) is 0 Å². The molecule has 5 aromatic carbocycles. The van der Waals surface area contributed by atoms with E-state index >= 15 is 0 Å². The van der Waals surface area contributed by atoms with Crippen molar-refractivity contribution in [3.05, 3.63) is 108 Å². The van der Waals surface area contributed by atoms with Crippen LogP contribution in [0.15, 0.2) is 97.1 Å². The van der Waals surface area contributed by atoms with Gasteiger partial charge in [0.15, 0.2) is 0 Å². The third-order valence-corrected chi connectivity index (χ3v) is 7.04. The Kier molecular flexibility index (Phi) is 5.98. The molecule has 1 atom stereocenters. The maximum atomic E-state index is 6.99. The number of nitrogen functional groups attached to an aromatic ring is 1. The molecule has 34 heavy (non-hydrogen) atoms. The van der Waals surface area contributed by atoms with Crippen molar-refractivity contribution >= 4 is 44.3 Å². The Morgan fingerprint density at radius 1 is 0.706 bits per heavy atom. The van der Waals surface area contributed by atoms with Gasteiger partial charge in [-0.05, 0) is 71.7 Å². The van der Waals surface area contributed by atoms with Gasteiger partial charge in [0.05, 0.1) is 5.69 Å². The van der Waals surface area contributed by atoms with Crippen molar-refractivity contribution in [3.8, 4) is 0 Å². The van der Waals surface area contributed by atoms with Crippen molar-refractivity contribution in [1.82, 2.24) is 0 Å². The average Bonchev–Trinajstić information content (AvgIpc) is 2.89. The fourth-order valence-corrected chi connectivity index (χ4v) is 5.16. The Bertz CT molecular complexity index is 1400. The smallest absolute Gasteiger partial charge is 0.0619 e. The highest BCUT2D eigenvalue weighted by molar-refractivity contribution is 6.17. The number of nitrogens with zero attached hydrogens (tertiary/aromatic N) is 1. The van der Waals surface area contributed by atoms with Crippen molar-refractivity contribution in [2.24, 2.45) is 0 Å². The van der Waals surface area contributed by atoms with Crippen LogP contribution in [-0.2, 0) is 6.42 Å². The summed E-state index contributed by atoms with van der Waals surface area (Å²) in [5.74, 6) is 0.425. The van der Waals surface area contributed by atoms with Crippen LogP contribution in [0.3, 0.4) is 0 Å². The Morgan fingerprint density at radius 3 is 1.88 bits per heavy atom. The molecule has 2 N–H and O–H groups in total. The number of hydrogen-bond donors (Lipinski definition) is 1. The van der Waals surface area contributed by atoms with Crippen LogP contribution in [-0.4, -0.2) is 0 Å². The molecule has 1 unspecified atom stereocenters. The first-order valence-electron chi connectivity index (χ1n) is 12.3. The standard InChI is InChI=1S/C32H32N2/c1-4-22(3)30-23(5-2)20-29-28(31(30)33)21-24-14-12-13-19-27(24)32(29)34(25-15-8-6-9-16-25)26-17-10-7-11-18-26/h6-22H,4-5,33H2,1-3H3. The van der Waals surface area contributed by atoms with Gasteiger partial charge < -0.3 is 10.6 Å². The molecule has 0 amide bonds. The highest BCUT2D eigenvalue weighted by Gasteiger charge is 2.22. The van der Waals surface area contributed by atoms with E-state index in [9.17, 15) is 0 Å². The number of para-hydroxylation sites is 2. The zero-order valence-electron chi connectivity index (χ0n) is 20.3. The van der Waals surface area contributed by atoms with E-state index < -0.39 is 0 Å². The molecule has 2 heteroatoms. The zero-order chi connectivity index (χ0) is 23.7. The highest BCUT2D eigenvalue weighted by atomic mass is 15.1. The van der Waals surface area contributed by atoms with Crippen molar-refractivity contribution < 1.29 is 0 Å². The van der Waals surface area contributed by atoms with Gasteiger partial charge in [-0.2, -0.15) is 0 Å². The molecule has 170 valence electrons. The number of nitrogens with two attached hydrogens (primary N) is 1. The van der Waals surface area contributed by atoms with E-state index in [0.717, 1.165) is 35.3 Å². The van der Waals surface area contributed by atoms with Gasteiger partial charge in [0.1, 0.15) is 0 Å². The lowest BCUT2D eigenvalue weighted by atomic mass is 9.86. The molecule has 0 aliphatic carbocycles. The van der Waals surface area contributed by atoms with Gasteiger partial charge in [0.25, 0.3) is 0 Å². The number of aryl methyl sites for hydroxylation is 1. The zero-order valence-corrected chi connectivity index (χ0v) is 20.3. The first kappa shape index (κ1) is 22.0. The number of anilines is 4. The van der Waals surface area contributed by atoms with Gasteiger partial charge in [-0.1, -0.05) is 81.4 Å². The summed E-state index contributed by atoms with van der Waals surface area (Å²) in [7, 11) is 0. The van der Waals surface area contributed by atoms with Gasteiger partial charge in [-0.15, -0.1) is 0 Å². The van der Waals surface area contributed by atoms with Crippen LogP contribution in [0.2, 0.25) is 0 Å². The van der Waals surface area contributed by atoms with Crippen molar-refractivity contribution in [1.29, 1.82) is 0 Å². The number of rotatable bonds is 6. The minimum absolute atomic E-state index is 0.425. The normalized spacial score (nSPS) is 12.2. The van der Waals surface area contributed by atoms with Gasteiger partial charge in [0.2, 0.25) is 0 Å². The van der Waals surface area contributed by atoms with Crippen LogP contribution in [0.5, 0.6) is 0 Å². The Balaban J connectivity index is 1.95. The average molecular weight is 445 g/mol. The van der Waals surface area contributed by atoms with Crippen LogP contribution in [0.25, 0.3) is 21.5 Å². The number of hydrogen-bond acceptors (Lipinski definition) is 2. The van der Waals surface area contributed by atoms with Crippen LogP contribution >= 0.6 is 0 Å². The second-order valence-corrected chi connectivity index (χ2v) is 9.07. The molecule has 0 saturated carbocycles. The topological polar surface area (TPSA) is 29.3 Å². The molecule has 0 aliphatic rings. The van der Waals surface area contributed by atoms with E-state index in [1.165, 1.54) is 33.0 Å². The fourth-order valence-electron chi connectivity index (χ4n) is 5.16. The summed E-state index contributed by atoms with van der Waals surface area (Å²) in [5.41, 5.74) is 14.0. The quantitative estimate of drug-likeness (QED) is 0.209. The predicted octanol–water partition coefficient (Wildman–Crippen LogP) is 9.12. The maximum Gasteiger partial charge on any atom is 0.0619 e. The molecular weight excluding hydrogens is 412 g/mol. The largest absolute Gasteiger partial charge is 0.398 e. The molecular formula is C32H32N2. The molecule has 0 heterocycles. The highest BCUT2D eigenvalue weighted by Crippen LogP contribution is 2.47. The summed E-state index contributed by atoms with van der Waals surface area (Å²) in [6.07, 6.45) is 2.03. The van der Waals surface area contributed by atoms with E-state index in [4.69, 9.17) is 5.73 Å². The van der Waals surface area contributed by atoms with Crippen molar-refractivity contribution in [2.45, 2.75) is 39.5 Å². The van der Waals surface area contributed by atoms with E-state index in [1.807, 2.05) is 0 Å². The van der Waals surface area contributed by atoms with Gasteiger partial charge in [-0.3, -0.25) is 0 Å². The number of fused-ring (bicyclic) bond motifs is 2. The van der Waals surface area contributed by atoms with Gasteiger partial charge >= 0.3 is 0 Å². The molecule has 0 aliphatic heterocycles. The summed E-state index contributed by atoms with van der Waals surface area (Å²) < 4.78 is 0. The van der Waals surface area contributed by atoms with E-state index in [-0.39, 0.29) is 0 Å². The second-order valence-electron chi connectivity index (χ2n) is 9.07. The summed E-state index contributed by atoms with van der Waals surface area (Å²) >= 11 is 0. The molecule has 0 saturated heterocycles. The molecule has 5 aromatic rings. The molecule has 0 bridgehead atoms. The van der Waals surface area contributed by atoms with Crippen molar-refractivity contribution in [2.75, 3.05) is 10.6 Å². The van der Waals surface area contributed by atoms with Crippen LogP contribution in [0.1, 0.15) is 44.2 Å². The Morgan fingerprint density at radius 2 is 1.29 bits per heavy atom. The van der Waals surface area contributed by atoms with E-state index in [1.54, 1.807) is 0 Å². The van der Waals surface area contributed by atoms with E-state index in [0.29, 0.717) is 5.92 Å². The minimum atomic E-state index is 0.425. The summed E-state index contributed by atoms with van der Waals surface area (Å²) in [6.45, 7) is 6.77. The minimum Gasteiger partial charge on any atom is -0.398 e. The second kappa shape index (κ2) is 9.23. The van der Waals surface area contributed by atoms with Crippen LogP contribution in [0.4, 0.5) is 22.7 Å². The summed E-state index contributed by atoms with van der Waals surface area (Å²) in [4.78, 5) is 2.38. The van der Waals surface area contributed by atoms with E-state index in [2.05, 4.69) is 123 Å². The first-order valence-corrected chi connectivity index (χ1v) is 12.3. The van der Waals surface area contributed by atoms with Gasteiger partial charge in [0, 0.05) is 33.2 Å². The SMILES string of the molecule is CCc1cc2c(N(c3ccccc3)c3ccccc3)c3ccccc3cc2c(N)c1C(C)CC. The molecule has 0 spiro atoms. The summed E-state index contributed by atoms with van der Waals surface area (Å²) in [5, 5.41) is 4.76. The van der Waals surface area contributed by atoms with Crippen molar-refractivity contribution in [3.63, 3.8) is 0 Å².